The minimum atomic E-state index is 0.763. The monoisotopic (exact) mass is 265 g/mol. The Balaban J connectivity index is 1.86. The third-order valence-electron chi connectivity index (χ3n) is 3.82. The lowest BCUT2D eigenvalue weighted by atomic mass is 9.86. The summed E-state index contributed by atoms with van der Waals surface area (Å²) in [4.78, 5) is 0. The lowest BCUT2D eigenvalue weighted by Crippen LogP contribution is -2.37. The fraction of sp³-hybridized carbons (Fsp3) is 0.538. The second-order valence-electron chi connectivity index (χ2n) is 4.83. The van der Waals surface area contributed by atoms with E-state index in [-0.39, 0.29) is 0 Å². The van der Waals surface area contributed by atoms with E-state index in [1.54, 1.807) is 0 Å². The minimum absolute atomic E-state index is 0.763. The maximum absolute atomic E-state index is 3.69. The first-order valence-corrected chi connectivity index (χ1v) is 6.62. The molecule has 2 bridgehead atoms. The molecule has 1 aromatic rings. The summed E-state index contributed by atoms with van der Waals surface area (Å²) in [5.41, 5.74) is 1.51. The average molecular weight is 266 g/mol. The molecule has 2 atom stereocenters. The number of benzene rings is 1. The van der Waals surface area contributed by atoms with Crippen molar-refractivity contribution < 1.29 is 0 Å². The van der Waals surface area contributed by atoms with Crippen LogP contribution >= 0.6 is 15.9 Å². The standard InChI is InChI=1S/C13H16BrN/c14-13-4-2-1-3-12(13)9-7-10-5-6-11(8-9)15-10/h1-4,9-11,15H,5-8H2. The van der Waals surface area contributed by atoms with Gasteiger partial charge in [-0.1, -0.05) is 34.1 Å². The molecule has 2 aliphatic heterocycles. The molecule has 2 heteroatoms. The third-order valence-corrected chi connectivity index (χ3v) is 4.54. The molecule has 2 saturated heterocycles. The highest BCUT2D eigenvalue weighted by molar-refractivity contribution is 9.10. The van der Waals surface area contributed by atoms with Crippen LogP contribution in [-0.4, -0.2) is 12.1 Å². The number of hydrogen-bond donors (Lipinski definition) is 1. The summed E-state index contributed by atoms with van der Waals surface area (Å²) in [6.07, 6.45) is 5.40. The number of piperidine rings is 1. The zero-order valence-electron chi connectivity index (χ0n) is 8.75. The first kappa shape index (κ1) is 9.86. The van der Waals surface area contributed by atoms with Gasteiger partial charge in [0, 0.05) is 16.6 Å². The molecule has 1 N–H and O–H groups in total. The number of hydrogen-bond acceptors (Lipinski definition) is 1. The van der Waals surface area contributed by atoms with Gasteiger partial charge < -0.3 is 5.32 Å². The van der Waals surface area contributed by atoms with Gasteiger partial charge in [0.25, 0.3) is 0 Å². The highest BCUT2D eigenvalue weighted by atomic mass is 79.9. The molecular weight excluding hydrogens is 250 g/mol. The van der Waals surface area contributed by atoms with Gasteiger partial charge in [-0.2, -0.15) is 0 Å². The summed E-state index contributed by atoms with van der Waals surface area (Å²) < 4.78 is 1.29. The summed E-state index contributed by atoms with van der Waals surface area (Å²) in [7, 11) is 0. The third kappa shape index (κ3) is 1.85. The van der Waals surface area contributed by atoms with E-state index in [2.05, 4.69) is 45.5 Å². The molecule has 2 unspecified atom stereocenters. The molecule has 0 amide bonds. The maximum atomic E-state index is 3.69. The normalized spacial score (nSPS) is 34.3. The van der Waals surface area contributed by atoms with Crippen LogP contribution in [-0.2, 0) is 0 Å². The van der Waals surface area contributed by atoms with Crippen LogP contribution in [0.3, 0.4) is 0 Å². The van der Waals surface area contributed by atoms with E-state index >= 15 is 0 Å². The highest BCUT2D eigenvalue weighted by Crippen LogP contribution is 2.39. The Morgan fingerprint density at radius 2 is 1.73 bits per heavy atom. The largest absolute Gasteiger partial charge is 0.311 e. The van der Waals surface area contributed by atoms with Crippen molar-refractivity contribution in [3.05, 3.63) is 34.3 Å². The fourth-order valence-corrected chi connectivity index (χ4v) is 3.73. The van der Waals surface area contributed by atoms with Gasteiger partial charge in [0.05, 0.1) is 0 Å². The van der Waals surface area contributed by atoms with Crippen molar-refractivity contribution in [2.24, 2.45) is 0 Å². The van der Waals surface area contributed by atoms with E-state index in [9.17, 15) is 0 Å². The van der Waals surface area contributed by atoms with Crippen LogP contribution in [0.4, 0.5) is 0 Å². The SMILES string of the molecule is Brc1ccccc1C1CC2CCC(C1)N2. The Kier molecular flexibility index (Phi) is 2.57. The van der Waals surface area contributed by atoms with Crippen LogP contribution in [0.5, 0.6) is 0 Å². The molecular formula is C13H16BrN. The molecule has 2 aliphatic rings. The lowest BCUT2D eigenvalue weighted by Gasteiger charge is -2.29. The van der Waals surface area contributed by atoms with E-state index in [1.165, 1.54) is 35.7 Å². The van der Waals surface area contributed by atoms with Crippen molar-refractivity contribution in [2.75, 3.05) is 0 Å². The van der Waals surface area contributed by atoms with Crippen LogP contribution in [0.2, 0.25) is 0 Å². The molecule has 0 aromatic heterocycles. The molecule has 1 aromatic carbocycles. The molecule has 0 saturated carbocycles. The predicted molar refractivity (Wildman–Crippen MR) is 66.1 cm³/mol. The Morgan fingerprint density at radius 1 is 1.07 bits per heavy atom. The summed E-state index contributed by atoms with van der Waals surface area (Å²) >= 11 is 3.67. The summed E-state index contributed by atoms with van der Waals surface area (Å²) in [6.45, 7) is 0. The summed E-state index contributed by atoms with van der Waals surface area (Å²) in [5.74, 6) is 0.763. The van der Waals surface area contributed by atoms with E-state index in [0.29, 0.717) is 0 Å². The summed E-state index contributed by atoms with van der Waals surface area (Å²) in [6, 6.07) is 10.3. The van der Waals surface area contributed by atoms with Crippen LogP contribution in [0.15, 0.2) is 28.7 Å². The zero-order valence-corrected chi connectivity index (χ0v) is 10.3. The van der Waals surface area contributed by atoms with Gasteiger partial charge in [-0.15, -0.1) is 0 Å². The Bertz CT molecular complexity index is 351. The minimum Gasteiger partial charge on any atom is -0.311 e. The molecule has 80 valence electrons. The van der Waals surface area contributed by atoms with Crippen molar-refractivity contribution in [3.8, 4) is 0 Å². The van der Waals surface area contributed by atoms with Gasteiger partial charge >= 0.3 is 0 Å². The van der Waals surface area contributed by atoms with Crippen molar-refractivity contribution in [1.29, 1.82) is 0 Å². The topological polar surface area (TPSA) is 12.0 Å². The Hall–Kier alpha value is -0.340. The van der Waals surface area contributed by atoms with Crippen LogP contribution in [0.1, 0.15) is 37.2 Å². The molecule has 0 radical (unpaired) electrons. The average Bonchev–Trinajstić information content (AvgIpc) is 2.58. The van der Waals surface area contributed by atoms with Crippen molar-refractivity contribution in [1.82, 2.24) is 5.32 Å². The fourth-order valence-electron chi connectivity index (χ4n) is 3.12. The lowest BCUT2D eigenvalue weighted by molar-refractivity contribution is 0.362. The number of rotatable bonds is 1. The van der Waals surface area contributed by atoms with E-state index in [1.807, 2.05) is 0 Å². The van der Waals surface area contributed by atoms with Crippen molar-refractivity contribution >= 4 is 15.9 Å². The van der Waals surface area contributed by atoms with Gasteiger partial charge in [0.2, 0.25) is 0 Å². The number of fused-ring (bicyclic) bond motifs is 2. The molecule has 0 aliphatic carbocycles. The number of halogens is 1. The zero-order chi connectivity index (χ0) is 10.3. The molecule has 3 rings (SSSR count). The van der Waals surface area contributed by atoms with Crippen LogP contribution in [0, 0.1) is 0 Å². The maximum Gasteiger partial charge on any atom is 0.0210 e. The first-order valence-electron chi connectivity index (χ1n) is 5.83. The van der Waals surface area contributed by atoms with E-state index in [4.69, 9.17) is 0 Å². The molecule has 2 heterocycles. The molecule has 0 spiro atoms. The van der Waals surface area contributed by atoms with Crippen LogP contribution in [0.25, 0.3) is 0 Å². The van der Waals surface area contributed by atoms with Crippen molar-refractivity contribution in [3.63, 3.8) is 0 Å². The van der Waals surface area contributed by atoms with E-state index in [0.717, 1.165) is 18.0 Å². The summed E-state index contributed by atoms with van der Waals surface area (Å²) in [5, 5.41) is 3.69. The number of nitrogens with one attached hydrogen (secondary N) is 1. The second-order valence-corrected chi connectivity index (χ2v) is 5.68. The Labute approximate surface area is 99.4 Å². The van der Waals surface area contributed by atoms with Crippen LogP contribution < -0.4 is 5.32 Å². The molecule has 1 nitrogen and oxygen atoms in total. The van der Waals surface area contributed by atoms with Crippen molar-refractivity contribution in [2.45, 2.75) is 43.7 Å². The smallest absolute Gasteiger partial charge is 0.0210 e. The van der Waals surface area contributed by atoms with Gasteiger partial charge in [-0.3, -0.25) is 0 Å². The van der Waals surface area contributed by atoms with E-state index < -0.39 is 0 Å². The molecule has 2 fully saturated rings. The van der Waals surface area contributed by atoms with Gasteiger partial charge in [-0.25, -0.2) is 0 Å². The van der Waals surface area contributed by atoms with Gasteiger partial charge in [-0.05, 0) is 43.2 Å². The second kappa shape index (κ2) is 3.91. The van der Waals surface area contributed by atoms with Gasteiger partial charge in [0.1, 0.15) is 0 Å². The first-order chi connectivity index (χ1) is 7.33. The predicted octanol–water partition coefficient (Wildman–Crippen LogP) is 3.45. The molecule has 15 heavy (non-hydrogen) atoms. The Morgan fingerprint density at radius 3 is 2.40 bits per heavy atom. The quantitative estimate of drug-likeness (QED) is 0.821. The highest BCUT2D eigenvalue weighted by Gasteiger charge is 2.34. The van der Waals surface area contributed by atoms with Gasteiger partial charge in [0.15, 0.2) is 0 Å².